The maximum Gasteiger partial charge on any atom is 0.282 e. The van der Waals surface area contributed by atoms with Crippen molar-refractivity contribution in [2.75, 3.05) is 24.0 Å². The predicted molar refractivity (Wildman–Crippen MR) is 111 cm³/mol. The Hall–Kier alpha value is -2.69. The van der Waals surface area contributed by atoms with Crippen LogP contribution in [-0.4, -0.2) is 59.9 Å². The van der Waals surface area contributed by atoms with Crippen LogP contribution in [0.5, 0.6) is 0 Å². The highest BCUT2D eigenvalue weighted by Gasteiger charge is 2.29. The van der Waals surface area contributed by atoms with Crippen molar-refractivity contribution in [3.05, 3.63) is 36.4 Å². The number of halogens is 2. The highest BCUT2D eigenvalue weighted by Crippen LogP contribution is 2.28. The van der Waals surface area contributed by atoms with Crippen LogP contribution in [0.1, 0.15) is 31.9 Å². The molecule has 0 unspecified atom stereocenters. The molecule has 0 amide bonds. The number of imidazole rings is 1. The van der Waals surface area contributed by atoms with Crippen LogP contribution in [0.3, 0.4) is 0 Å². The Morgan fingerprint density at radius 2 is 2.03 bits per heavy atom. The average molecular weight is 436 g/mol. The molecular weight excluding hydrogens is 412 g/mol. The molecule has 30 heavy (non-hydrogen) atoms. The number of aromatic nitrogens is 5. The molecule has 3 aromatic heterocycles. The number of fused-ring (bicyclic) bond motifs is 1. The highest BCUT2D eigenvalue weighted by molar-refractivity contribution is 7.92. The van der Waals surface area contributed by atoms with Gasteiger partial charge in [-0.3, -0.25) is 4.21 Å². The van der Waals surface area contributed by atoms with Crippen LogP contribution in [0.2, 0.25) is 0 Å². The van der Waals surface area contributed by atoms with E-state index in [0.717, 1.165) is 19.4 Å². The lowest BCUT2D eigenvalue weighted by molar-refractivity contribution is 0.144. The van der Waals surface area contributed by atoms with Crippen molar-refractivity contribution in [3.63, 3.8) is 0 Å². The summed E-state index contributed by atoms with van der Waals surface area (Å²) in [6, 6.07) is 4.54. The van der Waals surface area contributed by atoms with Crippen molar-refractivity contribution in [1.82, 2.24) is 24.6 Å². The van der Waals surface area contributed by atoms with Gasteiger partial charge in [0.15, 0.2) is 5.65 Å². The summed E-state index contributed by atoms with van der Waals surface area (Å²) in [6.45, 7) is 2.84. The monoisotopic (exact) mass is 435 g/mol. The summed E-state index contributed by atoms with van der Waals surface area (Å²) in [5, 5.41) is 4.00. The van der Waals surface area contributed by atoms with Gasteiger partial charge in [-0.05, 0) is 31.9 Å². The molecule has 3 aromatic rings. The third-order valence-corrected chi connectivity index (χ3v) is 5.93. The molecule has 0 spiro atoms. The molecule has 1 fully saturated rings. The molecule has 8 nitrogen and oxygen atoms in total. The molecule has 160 valence electrons. The smallest absolute Gasteiger partial charge is 0.282 e. The third-order valence-electron chi connectivity index (χ3n) is 5.15. The van der Waals surface area contributed by atoms with E-state index in [9.17, 15) is 13.0 Å². The number of piperidine rings is 1. The molecule has 0 aliphatic carbocycles. The summed E-state index contributed by atoms with van der Waals surface area (Å²) in [4.78, 5) is 15.1. The Bertz CT molecular complexity index is 1180. The van der Waals surface area contributed by atoms with E-state index in [1.807, 2.05) is 6.92 Å². The van der Waals surface area contributed by atoms with Gasteiger partial charge in [0.2, 0.25) is 0 Å². The third kappa shape index (κ3) is 4.11. The van der Waals surface area contributed by atoms with Gasteiger partial charge in [0.05, 0.1) is 24.0 Å². The first-order chi connectivity index (χ1) is 14.2. The van der Waals surface area contributed by atoms with E-state index >= 15 is 0 Å². The molecule has 2 atom stereocenters. The summed E-state index contributed by atoms with van der Waals surface area (Å²) in [6.07, 6.45) is 5.40. The topological polar surface area (TPSA) is 88.6 Å². The van der Waals surface area contributed by atoms with Crippen molar-refractivity contribution < 1.29 is 13.0 Å². The van der Waals surface area contributed by atoms with Gasteiger partial charge in [-0.2, -0.15) is 5.10 Å². The number of nitrogens with zero attached hydrogens (tertiary/aromatic N) is 7. The Morgan fingerprint density at radius 1 is 1.23 bits per heavy atom. The average Bonchev–Trinajstić information content (AvgIpc) is 3.12. The van der Waals surface area contributed by atoms with E-state index in [1.165, 1.54) is 23.0 Å². The van der Waals surface area contributed by atoms with Crippen molar-refractivity contribution in [3.8, 4) is 11.4 Å². The Kier molecular flexibility index (Phi) is 5.39. The fraction of sp³-hybridized carbons (Fsp3) is 0.474. The number of rotatable bonds is 4. The lowest BCUT2D eigenvalue weighted by atomic mass is 9.98. The van der Waals surface area contributed by atoms with Crippen LogP contribution in [0.4, 0.5) is 14.6 Å². The molecule has 4 heterocycles. The van der Waals surface area contributed by atoms with Gasteiger partial charge in [0.1, 0.15) is 23.5 Å². The zero-order valence-electron chi connectivity index (χ0n) is 16.9. The quantitative estimate of drug-likeness (QED) is 0.625. The van der Waals surface area contributed by atoms with Gasteiger partial charge < -0.3 is 4.90 Å². The summed E-state index contributed by atoms with van der Waals surface area (Å²) in [5.74, 6) is 0.700. The van der Waals surface area contributed by atoms with E-state index in [4.69, 9.17) is 0 Å². The van der Waals surface area contributed by atoms with E-state index in [2.05, 4.69) is 29.3 Å². The van der Waals surface area contributed by atoms with Crippen LogP contribution in [0, 0.1) is 0 Å². The molecule has 0 saturated carbocycles. The summed E-state index contributed by atoms with van der Waals surface area (Å²) >= 11 is 0. The molecule has 0 aromatic carbocycles. The Morgan fingerprint density at radius 3 is 2.77 bits per heavy atom. The molecular formula is C19H23F2N7OS. The maximum atomic E-state index is 13.1. The zero-order valence-corrected chi connectivity index (χ0v) is 17.8. The van der Waals surface area contributed by atoms with Crippen molar-refractivity contribution in [2.45, 2.75) is 38.3 Å². The van der Waals surface area contributed by atoms with Crippen LogP contribution in [0.25, 0.3) is 17.0 Å². The molecule has 0 N–H and O–H groups in total. The fourth-order valence-electron chi connectivity index (χ4n) is 3.74. The standard InChI is InChI=1S/C19H23F2N7OS/c1-12-13(26-30(2,3)29)5-4-8-27(12)18-9-15(23-11-24-18)16-10-22-17-7-6-14(19(20)21)25-28(16)17/h6-7,9-13,19H,4-5,8H2,1-3H3/t12-,13+/m1/s1. The number of alkyl halides is 2. The van der Waals surface area contributed by atoms with Crippen molar-refractivity contribution in [1.29, 1.82) is 0 Å². The SMILES string of the molecule is C[C@@H]1[C@@H](N=S(C)(C)=O)CCCN1c1cc(-c2cnc3ccc(C(F)F)nn23)ncn1. The van der Waals surface area contributed by atoms with Gasteiger partial charge in [-0.1, -0.05) is 0 Å². The van der Waals surface area contributed by atoms with Crippen LogP contribution in [0.15, 0.2) is 35.1 Å². The Balaban J connectivity index is 1.71. The summed E-state index contributed by atoms with van der Waals surface area (Å²) in [5.41, 5.74) is 1.17. The second-order valence-corrected chi connectivity index (χ2v) is 10.2. The van der Waals surface area contributed by atoms with Gasteiger partial charge >= 0.3 is 0 Å². The normalized spacial score (nSPS) is 20.1. The van der Waals surface area contributed by atoms with Crippen molar-refractivity contribution >= 4 is 21.2 Å². The van der Waals surface area contributed by atoms with Gasteiger partial charge in [0, 0.05) is 34.9 Å². The molecule has 0 bridgehead atoms. The second kappa shape index (κ2) is 7.86. The molecule has 1 aliphatic rings. The predicted octanol–water partition coefficient (Wildman–Crippen LogP) is 3.21. The van der Waals surface area contributed by atoms with E-state index in [-0.39, 0.29) is 17.8 Å². The first kappa shape index (κ1) is 20.6. The lowest BCUT2D eigenvalue weighted by Crippen LogP contribution is -2.46. The minimum Gasteiger partial charge on any atom is -0.352 e. The fourth-order valence-corrected chi connectivity index (χ4v) is 4.67. The van der Waals surface area contributed by atoms with Gasteiger partial charge in [-0.25, -0.2) is 32.6 Å². The van der Waals surface area contributed by atoms with E-state index < -0.39 is 16.2 Å². The van der Waals surface area contributed by atoms with Gasteiger partial charge in [0.25, 0.3) is 6.43 Å². The number of hydrogen-bond acceptors (Lipinski definition) is 7. The van der Waals surface area contributed by atoms with Crippen LogP contribution >= 0.6 is 0 Å². The van der Waals surface area contributed by atoms with E-state index in [1.54, 1.807) is 24.8 Å². The minimum absolute atomic E-state index is 0.0213. The first-order valence-electron chi connectivity index (χ1n) is 9.61. The van der Waals surface area contributed by atoms with E-state index in [0.29, 0.717) is 22.9 Å². The van der Waals surface area contributed by atoms with Crippen LogP contribution < -0.4 is 4.90 Å². The summed E-state index contributed by atoms with van der Waals surface area (Å²) in [7, 11) is -2.21. The zero-order chi connectivity index (χ0) is 21.5. The molecule has 11 heteroatoms. The molecule has 1 aliphatic heterocycles. The largest absolute Gasteiger partial charge is 0.352 e. The molecule has 1 saturated heterocycles. The maximum absolute atomic E-state index is 13.1. The second-order valence-electron chi connectivity index (χ2n) is 7.66. The lowest BCUT2D eigenvalue weighted by Gasteiger charge is -2.38. The van der Waals surface area contributed by atoms with Crippen LogP contribution in [-0.2, 0) is 9.73 Å². The highest BCUT2D eigenvalue weighted by atomic mass is 32.2. The number of anilines is 1. The first-order valence-corrected chi connectivity index (χ1v) is 11.9. The van der Waals surface area contributed by atoms with Gasteiger partial charge in [-0.15, -0.1) is 0 Å². The molecule has 4 rings (SSSR count). The summed E-state index contributed by atoms with van der Waals surface area (Å²) < 4.78 is 44.2. The minimum atomic E-state index is -2.67. The number of hydrogen-bond donors (Lipinski definition) is 0. The van der Waals surface area contributed by atoms with Crippen molar-refractivity contribution in [2.24, 2.45) is 4.36 Å². The Labute approximate surface area is 173 Å². The molecule has 0 radical (unpaired) electrons.